The highest BCUT2D eigenvalue weighted by atomic mass is 28.4. The smallest absolute Gasteiger partial charge is 0.408 e. The number of amides is 2. The van der Waals surface area contributed by atoms with Crippen LogP contribution in [0.2, 0.25) is 18.1 Å². The van der Waals surface area contributed by atoms with E-state index in [0.29, 0.717) is 24.2 Å². The molecular formula is C30H44N6O6Si. The van der Waals surface area contributed by atoms with Gasteiger partial charge < -0.3 is 29.6 Å². The molecule has 4 rings (SSSR count). The number of aliphatic hydroxyl groups is 1. The number of benzene rings is 1. The Kier molecular flexibility index (Phi) is 9.59. The number of carbonyl (C=O) groups is 2. The monoisotopic (exact) mass is 612 g/mol. The van der Waals surface area contributed by atoms with Crippen LogP contribution in [-0.4, -0.2) is 75.4 Å². The molecule has 0 aliphatic carbocycles. The number of nitrogens with one attached hydrogen (secondary N) is 2. The van der Waals surface area contributed by atoms with E-state index in [4.69, 9.17) is 13.9 Å². The highest BCUT2D eigenvalue weighted by Gasteiger charge is 2.41. The Morgan fingerprint density at radius 1 is 1.12 bits per heavy atom. The maximum atomic E-state index is 13.5. The molecule has 0 saturated carbocycles. The summed E-state index contributed by atoms with van der Waals surface area (Å²) in [5, 5.41) is 16.4. The first-order valence-electron chi connectivity index (χ1n) is 14.5. The van der Waals surface area contributed by atoms with Crippen molar-refractivity contribution in [3.63, 3.8) is 0 Å². The maximum absolute atomic E-state index is 13.5. The second-order valence-corrected chi connectivity index (χ2v) is 18.3. The molecule has 3 heterocycles. The summed E-state index contributed by atoms with van der Waals surface area (Å²) in [6, 6.07) is 8.40. The minimum absolute atomic E-state index is 0.0600. The minimum atomic E-state index is -1.98. The van der Waals surface area contributed by atoms with E-state index < -0.39 is 44.3 Å². The van der Waals surface area contributed by atoms with Crippen molar-refractivity contribution in [2.24, 2.45) is 0 Å². The van der Waals surface area contributed by atoms with Gasteiger partial charge in [-0.1, -0.05) is 51.1 Å². The van der Waals surface area contributed by atoms with Crippen molar-refractivity contribution >= 4 is 37.3 Å². The van der Waals surface area contributed by atoms with Crippen LogP contribution < -0.4 is 10.6 Å². The van der Waals surface area contributed by atoms with Crippen LogP contribution in [0.15, 0.2) is 43.0 Å². The molecule has 234 valence electrons. The number of carbonyl (C=O) groups excluding carboxylic acids is 2. The van der Waals surface area contributed by atoms with Crippen LogP contribution in [0, 0.1) is 0 Å². The molecule has 0 bridgehead atoms. The molecule has 0 spiro atoms. The van der Waals surface area contributed by atoms with E-state index in [1.807, 2.05) is 30.3 Å². The first-order chi connectivity index (χ1) is 20.0. The number of aliphatic hydroxyl groups excluding tert-OH is 1. The fraction of sp³-hybridized carbons (Fsp3) is 0.567. The molecule has 4 atom stereocenters. The third-order valence-corrected chi connectivity index (χ3v) is 12.3. The SMILES string of the molecule is CC(C)(C)OC(=O)N[C@@H](Cc1ccccc1)C(=O)Nc1ncnc2c1ncn2[C@@H]1O[C@H](CO[Si](C)(C)C(C)(C)C)C[C@H]1O. The predicted octanol–water partition coefficient (Wildman–Crippen LogP) is 4.57. The van der Waals surface area contributed by atoms with E-state index >= 15 is 0 Å². The van der Waals surface area contributed by atoms with Gasteiger partial charge in [0.15, 0.2) is 31.5 Å². The molecule has 1 aromatic carbocycles. The fourth-order valence-corrected chi connectivity index (χ4v) is 5.48. The number of nitrogens with zero attached hydrogens (tertiary/aromatic N) is 4. The van der Waals surface area contributed by atoms with E-state index in [9.17, 15) is 14.7 Å². The van der Waals surface area contributed by atoms with Gasteiger partial charge in [0.25, 0.3) is 0 Å². The van der Waals surface area contributed by atoms with Crippen LogP contribution in [0.4, 0.5) is 10.6 Å². The number of rotatable bonds is 9. The van der Waals surface area contributed by atoms with Gasteiger partial charge in [-0.05, 0) is 44.5 Å². The Labute approximate surface area is 253 Å². The number of aromatic nitrogens is 4. The second kappa shape index (κ2) is 12.7. The zero-order valence-electron chi connectivity index (χ0n) is 26.2. The summed E-state index contributed by atoms with van der Waals surface area (Å²) in [5.41, 5.74) is 0.838. The Morgan fingerprint density at radius 2 is 1.81 bits per heavy atom. The van der Waals surface area contributed by atoms with Crippen LogP contribution in [0.3, 0.4) is 0 Å². The summed E-state index contributed by atoms with van der Waals surface area (Å²) in [6.07, 6.45) is 0.942. The second-order valence-electron chi connectivity index (χ2n) is 13.4. The quantitative estimate of drug-likeness (QED) is 0.295. The fourth-order valence-electron chi connectivity index (χ4n) is 4.45. The summed E-state index contributed by atoms with van der Waals surface area (Å²) in [7, 11) is -1.98. The van der Waals surface area contributed by atoms with Gasteiger partial charge in [-0.3, -0.25) is 9.36 Å². The summed E-state index contributed by atoms with van der Waals surface area (Å²) in [5.74, 6) is -0.327. The van der Waals surface area contributed by atoms with Crippen molar-refractivity contribution in [1.82, 2.24) is 24.8 Å². The Hall–Kier alpha value is -3.39. The molecule has 1 saturated heterocycles. The number of fused-ring (bicyclic) bond motifs is 1. The molecule has 3 N–H and O–H groups in total. The first-order valence-corrected chi connectivity index (χ1v) is 17.4. The van der Waals surface area contributed by atoms with E-state index in [0.717, 1.165) is 5.56 Å². The van der Waals surface area contributed by atoms with Crippen molar-refractivity contribution in [3.8, 4) is 0 Å². The normalized spacial score (nSPS) is 20.2. The zero-order chi connectivity index (χ0) is 31.6. The molecule has 1 fully saturated rings. The van der Waals surface area contributed by atoms with Crippen molar-refractivity contribution in [2.45, 2.75) is 103 Å². The summed E-state index contributed by atoms with van der Waals surface area (Å²) in [6.45, 7) is 16.5. The Morgan fingerprint density at radius 3 is 2.47 bits per heavy atom. The molecule has 12 nitrogen and oxygen atoms in total. The van der Waals surface area contributed by atoms with Crippen molar-refractivity contribution in [1.29, 1.82) is 0 Å². The van der Waals surface area contributed by atoms with Crippen LogP contribution in [0.25, 0.3) is 11.2 Å². The Balaban J connectivity index is 1.50. The number of ether oxygens (including phenoxy) is 2. The number of hydrogen-bond donors (Lipinski definition) is 3. The first kappa shape index (κ1) is 32.5. The summed E-state index contributed by atoms with van der Waals surface area (Å²) < 4.78 is 19.6. The number of alkyl carbamates (subject to hydrolysis) is 1. The van der Waals surface area contributed by atoms with Crippen LogP contribution >= 0.6 is 0 Å². The lowest BCUT2D eigenvalue weighted by molar-refractivity contribution is -0.118. The highest BCUT2D eigenvalue weighted by molar-refractivity contribution is 6.74. The van der Waals surface area contributed by atoms with Gasteiger partial charge in [0.2, 0.25) is 5.91 Å². The summed E-state index contributed by atoms with van der Waals surface area (Å²) >= 11 is 0. The molecule has 1 aliphatic rings. The van der Waals surface area contributed by atoms with Gasteiger partial charge >= 0.3 is 6.09 Å². The standard InChI is InChI=1S/C30H44N6O6Si/c1-29(2,3)42-28(39)34-21(14-19-12-10-9-11-13-19)26(38)35-24-23-25(32-17-31-24)36(18-33-23)27-22(37)15-20(41-27)16-40-43(7,8)30(4,5)6/h9-13,17-18,20-22,27,37H,14-16H2,1-8H3,(H,34,39)(H,31,32,35,38)/t20-,21-,22+,27+/m0/s1. The van der Waals surface area contributed by atoms with Crippen LogP contribution in [0.1, 0.15) is 59.8 Å². The van der Waals surface area contributed by atoms with E-state index in [2.05, 4.69) is 59.5 Å². The molecule has 13 heteroatoms. The molecule has 43 heavy (non-hydrogen) atoms. The predicted molar refractivity (Wildman–Crippen MR) is 165 cm³/mol. The summed E-state index contributed by atoms with van der Waals surface area (Å²) in [4.78, 5) is 39.1. The van der Waals surface area contributed by atoms with Gasteiger partial charge in [-0.15, -0.1) is 0 Å². The number of hydrogen-bond acceptors (Lipinski definition) is 9. The average molecular weight is 613 g/mol. The Bertz CT molecular complexity index is 1420. The van der Waals surface area contributed by atoms with E-state index in [-0.39, 0.29) is 23.4 Å². The molecule has 3 aromatic rings. The molecule has 0 unspecified atom stereocenters. The lowest BCUT2D eigenvalue weighted by Gasteiger charge is -2.36. The van der Waals surface area contributed by atoms with Gasteiger partial charge in [-0.2, -0.15) is 0 Å². The minimum Gasteiger partial charge on any atom is -0.444 e. The van der Waals surface area contributed by atoms with Gasteiger partial charge in [-0.25, -0.2) is 19.7 Å². The largest absolute Gasteiger partial charge is 0.444 e. The van der Waals surface area contributed by atoms with Gasteiger partial charge in [0, 0.05) is 12.8 Å². The number of imidazole rings is 1. The van der Waals surface area contributed by atoms with Crippen molar-refractivity contribution in [2.75, 3.05) is 11.9 Å². The number of anilines is 1. The van der Waals surface area contributed by atoms with Gasteiger partial charge in [0.1, 0.15) is 24.1 Å². The van der Waals surface area contributed by atoms with Crippen molar-refractivity contribution in [3.05, 3.63) is 48.5 Å². The van der Waals surface area contributed by atoms with E-state index in [1.54, 1.807) is 25.3 Å². The lowest BCUT2D eigenvalue weighted by Crippen LogP contribution is -2.47. The third kappa shape index (κ3) is 8.16. The molecule has 2 aromatic heterocycles. The van der Waals surface area contributed by atoms with Crippen molar-refractivity contribution < 1.29 is 28.6 Å². The van der Waals surface area contributed by atoms with Crippen LogP contribution in [-0.2, 0) is 25.1 Å². The molecular weight excluding hydrogens is 568 g/mol. The van der Waals surface area contributed by atoms with Gasteiger partial charge in [0.05, 0.1) is 19.0 Å². The maximum Gasteiger partial charge on any atom is 0.408 e. The molecule has 0 radical (unpaired) electrons. The average Bonchev–Trinajstić information content (AvgIpc) is 3.49. The molecule has 2 amide bonds. The molecule has 1 aliphatic heterocycles. The lowest BCUT2D eigenvalue weighted by atomic mass is 10.1. The van der Waals surface area contributed by atoms with E-state index in [1.165, 1.54) is 12.7 Å². The zero-order valence-corrected chi connectivity index (χ0v) is 27.2. The highest BCUT2D eigenvalue weighted by Crippen LogP contribution is 2.38. The third-order valence-electron chi connectivity index (χ3n) is 7.77. The topological polar surface area (TPSA) is 150 Å². The van der Waals surface area contributed by atoms with Crippen LogP contribution in [0.5, 0.6) is 0 Å².